The molecule has 1 N–H and O–H groups in total. The number of rotatable bonds is 3. The third-order valence-corrected chi connectivity index (χ3v) is 4.32. The van der Waals surface area contributed by atoms with E-state index in [1.165, 1.54) is 11.0 Å². The molecule has 1 aliphatic rings. The van der Waals surface area contributed by atoms with E-state index >= 15 is 0 Å². The van der Waals surface area contributed by atoms with Gasteiger partial charge in [-0.25, -0.2) is 8.78 Å². The molecule has 0 radical (unpaired) electrons. The Kier molecular flexibility index (Phi) is 4.36. The van der Waals surface area contributed by atoms with Crippen LogP contribution in [0.15, 0.2) is 24.3 Å². The fourth-order valence-electron chi connectivity index (χ4n) is 3.18. The summed E-state index contributed by atoms with van der Waals surface area (Å²) >= 11 is 0. The minimum absolute atomic E-state index is 0.0482. The van der Waals surface area contributed by atoms with E-state index in [9.17, 15) is 18.7 Å². The van der Waals surface area contributed by atoms with Crippen LogP contribution >= 0.6 is 0 Å². The third kappa shape index (κ3) is 3.17. The molecule has 1 amide bonds. The van der Waals surface area contributed by atoms with Gasteiger partial charge in [-0.3, -0.25) is 9.48 Å². The first-order valence-electron chi connectivity index (χ1n) is 7.78. The van der Waals surface area contributed by atoms with Gasteiger partial charge in [-0.1, -0.05) is 6.07 Å². The first-order chi connectivity index (χ1) is 11.3. The highest BCUT2D eigenvalue weighted by Gasteiger charge is 2.35. The molecule has 1 aromatic heterocycles. The number of hydrogen-bond donors (Lipinski definition) is 1. The van der Waals surface area contributed by atoms with Crippen LogP contribution in [0.1, 0.15) is 29.4 Å². The van der Waals surface area contributed by atoms with Gasteiger partial charge in [-0.2, -0.15) is 5.10 Å². The number of aromatic nitrogens is 2. The molecule has 0 spiro atoms. The number of likely N-dealkylation sites (tertiary alicyclic amines) is 1. The molecule has 128 valence electrons. The summed E-state index contributed by atoms with van der Waals surface area (Å²) in [5.41, 5.74) is 2.16. The van der Waals surface area contributed by atoms with Crippen LogP contribution in [0, 0.1) is 25.5 Å². The average Bonchev–Trinajstić information content (AvgIpc) is 3.04. The molecule has 0 unspecified atom stereocenters. The Morgan fingerprint density at radius 3 is 2.67 bits per heavy atom. The van der Waals surface area contributed by atoms with Crippen LogP contribution in [0.25, 0.3) is 0 Å². The quantitative estimate of drug-likeness (QED) is 0.935. The van der Waals surface area contributed by atoms with Gasteiger partial charge < -0.3 is 10.0 Å². The predicted molar refractivity (Wildman–Crippen MR) is 83.1 cm³/mol. The standard InChI is InChI=1S/C17H19F2N3O2/c1-10-5-11(2)22(20-10)9-17(24)21-8-13(23)7-16(21)12-3-4-14(18)15(19)6-12/h3-6,13,16,23H,7-9H2,1-2H3/t13-,16-/m1/s1. The molecule has 0 aliphatic carbocycles. The summed E-state index contributed by atoms with van der Waals surface area (Å²) in [6.07, 6.45) is -0.388. The fraction of sp³-hybridized carbons (Fsp3) is 0.412. The summed E-state index contributed by atoms with van der Waals surface area (Å²) in [4.78, 5) is 14.2. The van der Waals surface area contributed by atoms with Crippen LogP contribution in [0.2, 0.25) is 0 Å². The van der Waals surface area contributed by atoms with Gasteiger partial charge in [-0.05, 0) is 44.0 Å². The predicted octanol–water partition coefficient (Wildman–Crippen LogP) is 2.11. The Hall–Kier alpha value is -2.28. The number of benzene rings is 1. The molecule has 5 nitrogen and oxygen atoms in total. The summed E-state index contributed by atoms with van der Waals surface area (Å²) in [5, 5.41) is 14.2. The molecule has 2 atom stereocenters. The number of hydrogen-bond acceptors (Lipinski definition) is 3. The van der Waals surface area contributed by atoms with E-state index in [0.29, 0.717) is 12.0 Å². The van der Waals surface area contributed by atoms with E-state index in [1.807, 2.05) is 19.9 Å². The lowest BCUT2D eigenvalue weighted by atomic mass is 10.0. The van der Waals surface area contributed by atoms with Gasteiger partial charge in [0.25, 0.3) is 0 Å². The number of halogens is 2. The normalized spacial score (nSPS) is 20.6. The van der Waals surface area contributed by atoms with E-state index in [1.54, 1.807) is 4.68 Å². The molecule has 0 saturated carbocycles. The first-order valence-corrected chi connectivity index (χ1v) is 7.78. The number of aliphatic hydroxyl groups excluding tert-OH is 1. The third-order valence-electron chi connectivity index (χ3n) is 4.32. The Balaban J connectivity index is 1.83. The largest absolute Gasteiger partial charge is 0.391 e. The van der Waals surface area contributed by atoms with Gasteiger partial charge in [-0.15, -0.1) is 0 Å². The van der Waals surface area contributed by atoms with Crippen LogP contribution in [0.3, 0.4) is 0 Å². The van der Waals surface area contributed by atoms with E-state index in [4.69, 9.17) is 0 Å². The van der Waals surface area contributed by atoms with Crippen molar-refractivity contribution in [3.8, 4) is 0 Å². The van der Waals surface area contributed by atoms with Crippen molar-refractivity contribution in [1.29, 1.82) is 0 Å². The van der Waals surface area contributed by atoms with Gasteiger partial charge in [0, 0.05) is 12.2 Å². The molecule has 1 saturated heterocycles. The smallest absolute Gasteiger partial charge is 0.244 e. The SMILES string of the molecule is Cc1cc(C)n(CC(=O)N2C[C@H](O)C[C@@H]2c2ccc(F)c(F)c2)n1. The topological polar surface area (TPSA) is 58.4 Å². The number of aliphatic hydroxyl groups is 1. The van der Waals surface area contributed by atoms with Crippen molar-refractivity contribution in [2.75, 3.05) is 6.54 Å². The summed E-state index contributed by atoms with van der Waals surface area (Å²) in [6.45, 7) is 3.92. The average molecular weight is 335 g/mol. The van der Waals surface area contributed by atoms with Crippen molar-refractivity contribution < 1.29 is 18.7 Å². The van der Waals surface area contributed by atoms with Gasteiger partial charge in [0.05, 0.1) is 17.8 Å². The second-order valence-electron chi connectivity index (χ2n) is 6.21. The van der Waals surface area contributed by atoms with Crippen molar-refractivity contribution in [3.05, 3.63) is 52.9 Å². The van der Waals surface area contributed by atoms with E-state index in [-0.39, 0.29) is 19.0 Å². The summed E-state index contributed by atoms with van der Waals surface area (Å²) < 4.78 is 28.2. The Labute approximate surface area is 138 Å². The molecule has 1 aromatic carbocycles. The van der Waals surface area contributed by atoms with Crippen molar-refractivity contribution in [2.45, 2.75) is 39.0 Å². The number of nitrogens with zero attached hydrogens (tertiary/aromatic N) is 3. The monoisotopic (exact) mass is 335 g/mol. The number of carbonyl (C=O) groups excluding carboxylic acids is 1. The number of aryl methyl sites for hydroxylation is 2. The van der Waals surface area contributed by atoms with Gasteiger partial charge >= 0.3 is 0 Å². The molecule has 24 heavy (non-hydrogen) atoms. The van der Waals surface area contributed by atoms with Crippen molar-refractivity contribution in [2.24, 2.45) is 0 Å². The zero-order valence-electron chi connectivity index (χ0n) is 13.5. The van der Waals surface area contributed by atoms with E-state index < -0.39 is 23.8 Å². The molecule has 2 aromatic rings. The second kappa shape index (κ2) is 6.32. The van der Waals surface area contributed by atoms with Crippen LogP contribution < -0.4 is 0 Å². The Morgan fingerprint density at radius 1 is 1.29 bits per heavy atom. The van der Waals surface area contributed by atoms with E-state index in [0.717, 1.165) is 23.5 Å². The minimum atomic E-state index is -0.958. The summed E-state index contributed by atoms with van der Waals surface area (Å²) in [7, 11) is 0. The zero-order valence-corrected chi connectivity index (χ0v) is 13.5. The van der Waals surface area contributed by atoms with Gasteiger partial charge in [0.15, 0.2) is 11.6 Å². The molecule has 1 fully saturated rings. The lowest BCUT2D eigenvalue weighted by Crippen LogP contribution is -2.35. The molecule has 2 heterocycles. The highest BCUT2D eigenvalue weighted by Crippen LogP contribution is 2.33. The number of amides is 1. The second-order valence-corrected chi connectivity index (χ2v) is 6.21. The zero-order chi connectivity index (χ0) is 17.4. The summed E-state index contributed by atoms with van der Waals surface area (Å²) in [5.74, 6) is -2.11. The minimum Gasteiger partial charge on any atom is -0.391 e. The molecular formula is C17H19F2N3O2. The highest BCUT2D eigenvalue weighted by atomic mass is 19.2. The van der Waals surface area contributed by atoms with Crippen molar-refractivity contribution in [3.63, 3.8) is 0 Å². The fourth-order valence-corrected chi connectivity index (χ4v) is 3.18. The maximum absolute atomic E-state index is 13.5. The maximum atomic E-state index is 13.5. The van der Waals surface area contributed by atoms with Crippen molar-refractivity contribution >= 4 is 5.91 Å². The van der Waals surface area contributed by atoms with Crippen molar-refractivity contribution in [1.82, 2.24) is 14.7 Å². The Bertz CT molecular complexity index is 775. The van der Waals surface area contributed by atoms with Crippen LogP contribution in [0.4, 0.5) is 8.78 Å². The Morgan fingerprint density at radius 2 is 2.04 bits per heavy atom. The van der Waals surface area contributed by atoms with Crippen LogP contribution in [0.5, 0.6) is 0 Å². The number of β-amino-alcohol motifs (C(OH)–C–C–N with tert-alkyl or cyclic N) is 1. The molecule has 7 heteroatoms. The first kappa shape index (κ1) is 16.6. The molecule has 3 rings (SSSR count). The lowest BCUT2D eigenvalue weighted by Gasteiger charge is -2.25. The highest BCUT2D eigenvalue weighted by molar-refractivity contribution is 5.77. The molecule has 1 aliphatic heterocycles. The lowest BCUT2D eigenvalue weighted by molar-refractivity contribution is -0.133. The molecular weight excluding hydrogens is 316 g/mol. The van der Waals surface area contributed by atoms with E-state index in [2.05, 4.69) is 5.10 Å². The van der Waals surface area contributed by atoms with Gasteiger partial charge in [0.2, 0.25) is 5.91 Å². The van der Waals surface area contributed by atoms with Gasteiger partial charge in [0.1, 0.15) is 6.54 Å². The molecule has 0 bridgehead atoms. The summed E-state index contributed by atoms with van der Waals surface area (Å²) in [6, 6.07) is 4.98. The van der Waals surface area contributed by atoms with Crippen LogP contribution in [-0.4, -0.2) is 38.3 Å². The van der Waals surface area contributed by atoms with Crippen LogP contribution in [-0.2, 0) is 11.3 Å². The number of carbonyl (C=O) groups is 1. The maximum Gasteiger partial charge on any atom is 0.244 e.